The fraction of sp³-hybridized carbons (Fsp3) is 0.462. The van der Waals surface area contributed by atoms with Gasteiger partial charge in [0, 0.05) is 18.0 Å². The molecule has 0 aliphatic carbocycles. The average Bonchev–Trinajstić information content (AvgIpc) is 2.74. The highest BCUT2D eigenvalue weighted by molar-refractivity contribution is 6.31. The molecule has 1 amide bonds. The lowest BCUT2D eigenvalue weighted by molar-refractivity contribution is -0.384. The van der Waals surface area contributed by atoms with E-state index < -0.39 is 16.8 Å². The summed E-state index contributed by atoms with van der Waals surface area (Å²) in [7, 11) is 0. The number of nitrogens with zero attached hydrogens (tertiary/aromatic N) is 2. The minimum atomic E-state index is -0.610. The first-order valence-electron chi connectivity index (χ1n) is 11.6. The normalized spacial score (nSPS) is 11.1. The number of rotatable bonds is 11. The van der Waals surface area contributed by atoms with E-state index in [0.717, 1.165) is 19.3 Å². The Morgan fingerprint density at radius 2 is 1.86 bits per heavy atom. The standard InChI is InChI=1S/C26H33ClN2O6/c1-6-7-8-14-34-20-13-12-19(21(27)15-20)17-28(18(2)30)25-22(29(32)33)10-9-11-23(25)35-24(31)16-26(3,4)5/h9-13,15H,6-8,14,16-17H2,1-5H3. The molecule has 0 bridgehead atoms. The number of esters is 1. The maximum absolute atomic E-state index is 12.7. The maximum atomic E-state index is 12.7. The van der Waals surface area contributed by atoms with E-state index in [0.29, 0.717) is 22.9 Å². The number of unbranched alkanes of at least 4 members (excludes halogenated alkanes) is 2. The highest BCUT2D eigenvalue weighted by Gasteiger charge is 2.29. The van der Waals surface area contributed by atoms with Crippen molar-refractivity contribution in [3.63, 3.8) is 0 Å². The van der Waals surface area contributed by atoms with Gasteiger partial charge in [0.15, 0.2) is 11.4 Å². The average molecular weight is 505 g/mol. The van der Waals surface area contributed by atoms with Crippen LogP contribution < -0.4 is 14.4 Å². The maximum Gasteiger partial charge on any atom is 0.311 e. The summed E-state index contributed by atoms with van der Waals surface area (Å²) in [6.07, 6.45) is 3.18. The van der Waals surface area contributed by atoms with Crippen LogP contribution in [0, 0.1) is 15.5 Å². The van der Waals surface area contributed by atoms with Crippen LogP contribution in [0.2, 0.25) is 5.02 Å². The SMILES string of the molecule is CCCCCOc1ccc(CN(C(C)=O)c2c(OC(=O)CC(C)(C)C)cccc2[N+](=O)[O-])c(Cl)c1. The van der Waals surface area contributed by atoms with Gasteiger partial charge in [0.05, 0.1) is 24.5 Å². The number of benzene rings is 2. The molecular weight excluding hydrogens is 472 g/mol. The van der Waals surface area contributed by atoms with Gasteiger partial charge in [0.1, 0.15) is 5.75 Å². The van der Waals surface area contributed by atoms with Crippen molar-refractivity contribution in [1.82, 2.24) is 0 Å². The number of carbonyl (C=O) groups excluding carboxylic acids is 2. The van der Waals surface area contributed by atoms with Crippen LogP contribution in [0.4, 0.5) is 11.4 Å². The van der Waals surface area contributed by atoms with Crippen molar-refractivity contribution in [3.05, 3.63) is 57.1 Å². The third kappa shape index (κ3) is 8.55. The van der Waals surface area contributed by atoms with Crippen LogP contribution in [-0.2, 0) is 16.1 Å². The first-order chi connectivity index (χ1) is 16.4. The smallest absolute Gasteiger partial charge is 0.311 e. The summed E-state index contributed by atoms with van der Waals surface area (Å²) in [5.41, 5.74) is -0.226. The molecule has 8 nitrogen and oxygen atoms in total. The molecule has 0 atom stereocenters. The van der Waals surface area contributed by atoms with E-state index in [2.05, 4.69) is 6.92 Å². The summed E-state index contributed by atoms with van der Waals surface area (Å²) >= 11 is 6.47. The second-order valence-corrected chi connectivity index (χ2v) is 9.91. The van der Waals surface area contributed by atoms with Crippen molar-refractivity contribution >= 4 is 34.9 Å². The quantitative estimate of drug-likeness (QED) is 0.111. The topological polar surface area (TPSA) is 99.0 Å². The lowest BCUT2D eigenvalue weighted by atomic mass is 9.92. The van der Waals surface area contributed by atoms with Gasteiger partial charge < -0.3 is 9.47 Å². The molecule has 0 heterocycles. The number of hydrogen-bond acceptors (Lipinski definition) is 6. The van der Waals surface area contributed by atoms with Crippen molar-refractivity contribution < 1.29 is 24.0 Å². The predicted molar refractivity (Wildman–Crippen MR) is 136 cm³/mol. The van der Waals surface area contributed by atoms with Crippen LogP contribution in [-0.4, -0.2) is 23.4 Å². The first-order valence-corrected chi connectivity index (χ1v) is 12.0. The van der Waals surface area contributed by atoms with E-state index >= 15 is 0 Å². The number of nitro groups is 1. The van der Waals surface area contributed by atoms with Gasteiger partial charge in [0.25, 0.3) is 5.69 Å². The molecule has 0 N–H and O–H groups in total. The summed E-state index contributed by atoms with van der Waals surface area (Å²) in [6, 6.07) is 9.24. The summed E-state index contributed by atoms with van der Waals surface area (Å²) < 4.78 is 11.2. The Balaban J connectivity index is 2.39. The first kappa shape index (κ1) is 28.1. The molecule has 0 spiro atoms. The Kier molecular flexibility index (Phi) is 10.1. The molecule has 0 radical (unpaired) electrons. The van der Waals surface area contributed by atoms with Crippen LogP contribution in [0.3, 0.4) is 0 Å². The zero-order valence-electron chi connectivity index (χ0n) is 20.9. The zero-order chi connectivity index (χ0) is 26.2. The van der Waals surface area contributed by atoms with Crippen LogP contribution >= 0.6 is 11.6 Å². The highest BCUT2D eigenvalue weighted by Crippen LogP contribution is 2.40. The molecular formula is C26H33ClN2O6. The van der Waals surface area contributed by atoms with Gasteiger partial charge in [-0.2, -0.15) is 0 Å². The van der Waals surface area contributed by atoms with Crippen molar-refractivity contribution in [2.75, 3.05) is 11.5 Å². The van der Waals surface area contributed by atoms with Gasteiger partial charge in [0.2, 0.25) is 5.91 Å². The second-order valence-electron chi connectivity index (χ2n) is 9.51. The van der Waals surface area contributed by atoms with E-state index in [4.69, 9.17) is 21.1 Å². The molecule has 0 aliphatic rings. The van der Waals surface area contributed by atoms with Crippen LogP contribution in [0.1, 0.15) is 65.9 Å². The van der Waals surface area contributed by atoms with E-state index in [1.54, 1.807) is 18.2 Å². The third-order valence-corrected chi connectivity index (χ3v) is 5.44. The molecule has 0 unspecified atom stereocenters. The number of para-hydroxylation sites is 1. The van der Waals surface area contributed by atoms with Crippen LogP contribution in [0.15, 0.2) is 36.4 Å². The number of carbonyl (C=O) groups is 2. The summed E-state index contributed by atoms with van der Waals surface area (Å²) in [5, 5.41) is 12.2. The Labute approximate surface area is 211 Å². The van der Waals surface area contributed by atoms with Gasteiger partial charge in [-0.3, -0.25) is 24.6 Å². The van der Waals surface area contributed by atoms with Crippen LogP contribution in [0.25, 0.3) is 0 Å². The molecule has 0 aliphatic heterocycles. The summed E-state index contributed by atoms with van der Waals surface area (Å²) in [6.45, 7) is 9.55. The Morgan fingerprint density at radius 1 is 1.14 bits per heavy atom. The lowest BCUT2D eigenvalue weighted by Gasteiger charge is -2.24. The van der Waals surface area contributed by atoms with Gasteiger partial charge >= 0.3 is 5.97 Å². The fourth-order valence-electron chi connectivity index (χ4n) is 3.41. The number of amides is 1. The second kappa shape index (κ2) is 12.5. The molecule has 0 saturated carbocycles. The summed E-state index contributed by atoms with van der Waals surface area (Å²) in [5.74, 6) is -0.476. The van der Waals surface area contributed by atoms with Crippen molar-refractivity contribution in [2.24, 2.45) is 5.41 Å². The largest absolute Gasteiger partial charge is 0.494 e. The van der Waals surface area contributed by atoms with E-state index in [1.807, 2.05) is 20.8 Å². The Morgan fingerprint density at radius 3 is 2.43 bits per heavy atom. The molecule has 2 aromatic carbocycles. The lowest BCUT2D eigenvalue weighted by Crippen LogP contribution is -2.30. The van der Waals surface area contributed by atoms with Crippen molar-refractivity contribution in [2.45, 2.75) is 66.8 Å². The molecule has 190 valence electrons. The number of halogens is 1. The number of anilines is 1. The molecule has 0 saturated heterocycles. The van der Waals surface area contributed by atoms with Crippen LogP contribution in [0.5, 0.6) is 11.5 Å². The predicted octanol–water partition coefficient (Wildman–Crippen LogP) is 6.71. The van der Waals surface area contributed by atoms with E-state index in [-0.39, 0.29) is 35.5 Å². The third-order valence-electron chi connectivity index (χ3n) is 5.09. The van der Waals surface area contributed by atoms with Gasteiger partial charge in [-0.1, -0.05) is 64.3 Å². The molecule has 9 heteroatoms. The molecule has 0 aromatic heterocycles. The Bertz CT molecular complexity index is 1060. The minimum absolute atomic E-state index is 0.0566. The molecule has 35 heavy (non-hydrogen) atoms. The van der Waals surface area contributed by atoms with E-state index in [9.17, 15) is 19.7 Å². The monoisotopic (exact) mass is 504 g/mol. The van der Waals surface area contributed by atoms with Gasteiger partial charge in [-0.15, -0.1) is 0 Å². The Hall–Kier alpha value is -3.13. The highest BCUT2D eigenvalue weighted by atomic mass is 35.5. The number of nitro benzene ring substituents is 1. The summed E-state index contributed by atoms with van der Waals surface area (Å²) in [4.78, 5) is 37.6. The fourth-order valence-corrected chi connectivity index (χ4v) is 3.64. The van der Waals surface area contributed by atoms with Gasteiger partial charge in [-0.25, -0.2) is 0 Å². The number of ether oxygens (including phenoxy) is 2. The van der Waals surface area contributed by atoms with Crippen molar-refractivity contribution in [1.29, 1.82) is 0 Å². The minimum Gasteiger partial charge on any atom is -0.494 e. The van der Waals surface area contributed by atoms with Gasteiger partial charge in [-0.05, 0) is 35.6 Å². The molecule has 0 fully saturated rings. The number of hydrogen-bond donors (Lipinski definition) is 0. The molecule has 2 rings (SSSR count). The van der Waals surface area contributed by atoms with E-state index in [1.165, 1.54) is 30.0 Å². The van der Waals surface area contributed by atoms with Crippen molar-refractivity contribution in [3.8, 4) is 11.5 Å². The molecule has 2 aromatic rings. The zero-order valence-corrected chi connectivity index (χ0v) is 21.7.